The van der Waals surface area contributed by atoms with Gasteiger partial charge >= 0.3 is 12.1 Å². The summed E-state index contributed by atoms with van der Waals surface area (Å²) in [4.78, 5) is 12.5. The Labute approximate surface area is 108 Å². The van der Waals surface area contributed by atoms with Crippen molar-refractivity contribution in [1.82, 2.24) is 4.90 Å². The molecule has 0 bridgehead atoms. The van der Waals surface area contributed by atoms with Crippen LogP contribution >= 0.6 is 0 Å². The van der Waals surface area contributed by atoms with Crippen LogP contribution in [0.1, 0.15) is 5.56 Å². The van der Waals surface area contributed by atoms with Gasteiger partial charge in [-0.3, -0.25) is 9.69 Å². The largest absolute Gasteiger partial charge is 0.481 e. The van der Waals surface area contributed by atoms with E-state index in [1.807, 2.05) is 18.2 Å². The first-order valence-corrected chi connectivity index (χ1v) is 5.93. The van der Waals surface area contributed by atoms with E-state index in [4.69, 9.17) is 5.11 Å². The Bertz CT molecular complexity index is 447. The summed E-state index contributed by atoms with van der Waals surface area (Å²) >= 11 is 0. The average molecular weight is 273 g/mol. The fourth-order valence-corrected chi connectivity index (χ4v) is 2.44. The number of carboxylic acids is 1. The molecular formula is C13H14F3NO2. The van der Waals surface area contributed by atoms with Crippen LogP contribution in [0.4, 0.5) is 13.2 Å². The topological polar surface area (TPSA) is 40.5 Å². The van der Waals surface area contributed by atoms with Gasteiger partial charge < -0.3 is 5.11 Å². The molecule has 2 rings (SSSR count). The van der Waals surface area contributed by atoms with Gasteiger partial charge in [-0.05, 0) is 5.56 Å². The van der Waals surface area contributed by atoms with Crippen LogP contribution in [-0.4, -0.2) is 35.2 Å². The molecule has 0 amide bonds. The van der Waals surface area contributed by atoms with Crippen molar-refractivity contribution < 1.29 is 23.1 Å². The van der Waals surface area contributed by atoms with Gasteiger partial charge in [0.05, 0.1) is 11.8 Å². The number of carbonyl (C=O) groups is 1. The van der Waals surface area contributed by atoms with Crippen molar-refractivity contribution in [2.24, 2.45) is 11.8 Å². The third kappa shape index (κ3) is 3.26. The van der Waals surface area contributed by atoms with Gasteiger partial charge in [0.1, 0.15) is 0 Å². The maximum atomic E-state index is 12.8. The van der Waals surface area contributed by atoms with Crippen LogP contribution in [0.25, 0.3) is 0 Å². The van der Waals surface area contributed by atoms with Crippen molar-refractivity contribution in [1.29, 1.82) is 0 Å². The van der Waals surface area contributed by atoms with E-state index in [1.165, 1.54) is 0 Å². The van der Waals surface area contributed by atoms with E-state index >= 15 is 0 Å². The van der Waals surface area contributed by atoms with Gasteiger partial charge in [0.2, 0.25) is 0 Å². The first-order chi connectivity index (χ1) is 8.88. The molecule has 0 radical (unpaired) electrons. The molecule has 1 aromatic rings. The van der Waals surface area contributed by atoms with Crippen molar-refractivity contribution in [3.8, 4) is 0 Å². The smallest absolute Gasteiger partial charge is 0.393 e. The van der Waals surface area contributed by atoms with E-state index in [-0.39, 0.29) is 13.1 Å². The Balaban J connectivity index is 2.08. The standard InChI is InChI=1S/C13H14F3NO2/c14-13(15,16)11-8-17(7-10(11)12(18)19)6-9-4-2-1-3-5-9/h1-5,10-11H,6-8H2,(H,18,19)/t10-,11-/m1/s1. The first kappa shape index (κ1) is 13.9. The van der Waals surface area contributed by atoms with E-state index in [0.717, 1.165) is 5.56 Å². The molecule has 104 valence electrons. The predicted molar refractivity (Wildman–Crippen MR) is 62.4 cm³/mol. The zero-order valence-electron chi connectivity index (χ0n) is 10.1. The quantitative estimate of drug-likeness (QED) is 0.919. The summed E-state index contributed by atoms with van der Waals surface area (Å²) in [6.45, 7) is 0.0287. The number of hydrogen-bond donors (Lipinski definition) is 1. The SMILES string of the molecule is O=C(O)[C@@H]1CN(Cc2ccccc2)C[C@H]1C(F)(F)F. The van der Waals surface area contributed by atoms with E-state index in [9.17, 15) is 18.0 Å². The van der Waals surface area contributed by atoms with Crippen molar-refractivity contribution in [3.63, 3.8) is 0 Å². The number of hydrogen-bond acceptors (Lipinski definition) is 2. The zero-order valence-corrected chi connectivity index (χ0v) is 10.1. The maximum Gasteiger partial charge on any atom is 0.393 e. The van der Waals surface area contributed by atoms with E-state index < -0.39 is 24.0 Å². The second-order valence-corrected chi connectivity index (χ2v) is 4.77. The van der Waals surface area contributed by atoms with E-state index in [1.54, 1.807) is 17.0 Å². The molecule has 2 atom stereocenters. The van der Waals surface area contributed by atoms with E-state index in [0.29, 0.717) is 6.54 Å². The van der Waals surface area contributed by atoms with E-state index in [2.05, 4.69) is 0 Å². The minimum absolute atomic E-state index is 0.0611. The van der Waals surface area contributed by atoms with Crippen molar-refractivity contribution >= 4 is 5.97 Å². The second kappa shape index (κ2) is 5.21. The molecule has 1 saturated heterocycles. The number of halogens is 3. The Morgan fingerprint density at radius 1 is 1.26 bits per heavy atom. The number of rotatable bonds is 3. The Hall–Kier alpha value is -1.56. The molecule has 1 aliphatic rings. The molecule has 6 heteroatoms. The van der Waals surface area contributed by atoms with Gasteiger partial charge in [0.15, 0.2) is 0 Å². The summed E-state index contributed by atoms with van der Waals surface area (Å²) in [5.74, 6) is -4.53. The fourth-order valence-electron chi connectivity index (χ4n) is 2.44. The molecule has 1 N–H and O–H groups in total. The van der Waals surface area contributed by atoms with Crippen LogP contribution in [0, 0.1) is 11.8 Å². The predicted octanol–water partition coefficient (Wildman–Crippen LogP) is 2.38. The van der Waals surface area contributed by atoms with Gasteiger partial charge in [-0.15, -0.1) is 0 Å². The molecule has 0 spiro atoms. The van der Waals surface area contributed by atoms with Crippen LogP contribution in [0.2, 0.25) is 0 Å². The highest BCUT2D eigenvalue weighted by atomic mass is 19.4. The molecule has 19 heavy (non-hydrogen) atoms. The summed E-state index contributed by atoms with van der Waals surface area (Å²) in [7, 11) is 0. The lowest BCUT2D eigenvalue weighted by molar-refractivity contribution is -0.188. The molecule has 1 heterocycles. The number of aliphatic carboxylic acids is 1. The molecule has 0 aliphatic carbocycles. The number of nitrogens with zero attached hydrogens (tertiary/aromatic N) is 1. The fraction of sp³-hybridized carbons (Fsp3) is 0.462. The molecule has 0 unspecified atom stereocenters. The summed E-state index contributed by atoms with van der Waals surface area (Å²) in [6.07, 6.45) is -4.46. The molecule has 0 saturated carbocycles. The second-order valence-electron chi connectivity index (χ2n) is 4.77. The third-order valence-corrected chi connectivity index (χ3v) is 3.38. The van der Waals surface area contributed by atoms with Gasteiger partial charge in [-0.1, -0.05) is 30.3 Å². The summed E-state index contributed by atoms with van der Waals surface area (Å²) in [5, 5.41) is 8.90. The highest BCUT2D eigenvalue weighted by molar-refractivity contribution is 5.71. The lowest BCUT2D eigenvalue weighted by atomic mass is 9.96. The number of alkyl halides is 3. The zero-order chi connectivity index (χ0) is 14.0. The van der Waals surface area contributed by atoms with Crippen molar-refractivity contribution in [2.45, 2.75) is 12.7 Å². The summed E-state index contributed by atoms with van der Waals surface area (Å²) < 4.78 is 38.4. The van der Waals surface area contributed by atoms with Crippen molar-refractivity contribution in [2.75, 3.05) is 13.1 Å². The molecule has 0 aromatic heterocycles. The Kier molecular flexibility index (Phi) is 3.80. The van der Waals surface area contributed by atoms with Crippen LogP contribution in [0.3, 0.4) is 0 Å². The van der Waals surface area contributed by atoms with Crippen LogP contribution < -0.4 is 0 Å². The van der Waals surface area contributed by atoms with Gasteiger partial charge in [0.25, 0.3) is 0 Å². The normalized spacial score (nSPS) is 24.6. The van der Waals surface area contributed by atoms with Crippen LogP contribution in [-0.2, 0) is 11.3 Å². The van der Waals surface area contributed by atoms with Gasteiger partial charge in [0, 0.05) is 19.6 Å². The molecule has 1 aliphatic heterocycles. The Morgan fingerprint density at radius 3 is 2.37 bits per heavy atom. The molecular weight excluding hydrogens is 259 g/mol. The maximum absolute atomic E-state index is 12.8. The first-order valence-electron chi connectivity index (χ1n) is 5.93. The number of likely N-dealkylation sites (tertiary alicyclic amines) is 1. The molecule has 1 aromatic carbocycles. The monoisotopic (exact) mass is 273 g/mol. The summed E-state index contributed by atoms with van der Waals surface area (Å²) in [5.41, 5.74) is 0.884. The minimum Gasteiger partial charge on any atom is -0.481 e. The number of carboxylic acid groups (broad SMARTS) is 1. The number of benzene rings is 1. The molecule has 3 nitrogen and oxygen atoms in total. The van der Waals surface area contributed by atoms with Crippen LogP contribution in [0.5, 0.6) is 0 Å². The molecule has 1 fully saturated rings. The van der Waals surface area contributed by atoms with Crippen molar-refractivity contribution in [3.05, 3.63) is 35.9 Å². The third-order valence-electron chi connectivity index (χ3n) is 3.38. The highest BCUT2D eigenvalue weighted by Gasteiger charge is 2.52. The minimum atomic E-state index is -4.46. The highest BCUT2D eigenvalue weighted by Crippen LogP contribution is 2.38. The lowest BCUT2D eigenvalue weighted by Crippen LogP contribution is -2.33. The lowest BCUT2D eigenvalue weighted by Gasteiger charge is -2.18. The average Bonchev–Trinajstić information content (AvgIpc) is 2.74. The van der Waals surface area contributed by atoms with Crippen LogP contribution in [0.15, 0.2) is 30.3 Å². The Morgan fingerprint density at radius 2 is 1.89 bits per heavy atom. The summed E-state index contributed by atoms with van der Waals surface area (Å²) in [6, 6.07) is 9.07. The van der Waals surface area contributed by atoms with Gasteiger partial charge in [-0.2, -0.15) is 13.2 Å². The van der Waals surface area contributed by atoms with Gasteiger partial charge in [-0.25, -0.2) is 0 Å².